The Kier molecular flexibility index (Phi) is 3.90. The first kappa shape index (κ1) is 15.7. The fourth-order valence-corrected chi connectivity index (χ4v) is 3.24. The van der Waals surface area contributed by atoms with Crippen molar-refractivity contribution in [2.75, 3.05) is 4.90 Å². The molecular formula is C23H22N2. The van der Waals surface area contributed by atoms with Crippen LogP contribution in [0.25, 0.3) is 10.8 Å². The van der Waals surface area contributed by atoms with Gasteiger partial charge in [-0.2, -0.15) is 0 Å². The number of hydrogen-bond donors (Lipinski definition) is 1. The summed E-state index contributed by atoms with van der Waals surface area (Å²) in [6.07, 6.45) is 7.28. The number of nitrogens with two attached hydrogens (primary N) is 1. The van der Waals surface area contributed by atoms with Gasteiger partial charge >= 0.3 is 0 Å². The number of allylic oxidation sites excluding steroid dienone is 1. The van der Waals surface area contributed by atoms with Crippen LogP contribution in [-0.2, 0) is 0 Å². The smallest absolute Gasteiger partial charge is 0.0467 e. The van der Waals surface area contributed by atoms with Crippen LogP contribution in [0.2, 0.25) is 0 Å². The molecule has 1 aliphatic rings. The molecule has 2 nitrogen and oxygen atoms in total. The van der Waals surface area contributed by atoms with Crippen molar-refractivity contribution in [1.29, 1.82) is 0 Å². The summed E-state index contributed by atoms with van der Waals surface area (Å²) in [6.45, 7) is 2.06. The van der Waals surface area contributed by atoms with Gasteiger partial charge in [0.1, 0.15) is 0 Å². The van der Waals surface area contributed by atoms with Crippen molar-refractivity contribution < 1.29 is 0 Å². The number of fused-ring (bicyclic) bond motifs is 1. The molecule has 0 bridgehead atoms. The molecule has 0 saturated heterocycles. The lowest BCUT2D eigenvalue weighted by Crippen LogP contribution is -2.35. The number of nitrogens with zero attached hydrogens (tertiary/aromatic N) is 1. The molecule has 0 amide bonds. The molecule has 0 spiro atoms. The molecule has 0 fully saturated rings. The molecule has 4 rings (SSSR count). The van der Waals surface area contributed by atoms with E-state index in [2.05, 4.69) is 96.8 Å². The highest BCUT2D eigenvalue weighted by Gasteiger charge is 2.21. The quantitative estimate of drug-likeness (QED) is 0.685. The van der Waals surface area contributed by atoms with Gasteiger partial charge in [-0.1, -0.05) is 60.7 Å². The third kappa shape index (κ3) is 3.21. The SMILES string of the molecule is CC1(N)C=CC(N(c2ccccc2)c2ccc3ccccc3c2)=CC1. The van der Waals surface area contributed by atoms with E-state index in [0.717, 1.165) is 23.5 Å². The van der Waals surface area contributed by atoms with E-state index < -0.39 is 0 Å². The summed E-state index contributed by atoms with van der Waals surface area (Å²) < 4.78 is 0. The molecule has 2 heteroatoms. The maximum Gasteiger partial charge on any atom is 0.0467 e. The second-order valence-electron chi connectivity index (χ2n) is 6.87. The average molecular weight is 326 g/mol. The zero-order valence-corrected chi connectivity index (χ0v) is 14.4. The van der Waals surface area contributed by atoms with Crippen molar-refractivity contribution >= 4 is 22.1 Å². The molecule has 1 atom stereocenters. The molecule has 0 saturated carbocycles. The van der Waals surface area contributed by atoms with Gasteiger partial charge in [-0.15, -0.1) is 0 Å². The van der Waals surface area contributed by atoms with E-state index in [1.807, 2.05) is 6.07 Å². The molecule has 0 radical (unpaired) electrons. The minimum atomic E-state index is -0.269. The Morgan fingerprint density at radius 1 is 0.840 bits per heavy atom. The van der Waals surface area contributed by atoms with Gasteiger partial charge in [0.25, 0.3) is 0 Å². The monoisotopic (exact) mass is 326 g/mol. The maximum absolute atomic E-state index is 6.24. The van der Waals surface area contributed by atoms with Crippen LogP contribution in [0.5, 0.6) is 0 Å². The van der Waals surface area contributed by atoms with E-state index in [9.17, 15) is 0 Å². The fraction of sp³-hybridized carbons (Fsp3) is 0.130. The third-order valence-corrected chi connectivity index (χ3v) is 4.65. The number of rotatable bonds is 3. The summed E-state index contributed by atoms with van der Waals surface area (Å²) in [5.74, 6) is 0. The van der Waals surface area contributed by atoms with Crippen LogP contribution in [0, 0.1) is 0 Å². The highest BCUT2D eigenvalue weighted by atomic mass is 15.1. The van der Waals surface area contributed by atoms with E-state index in [-0.39, 0.29) is 5.54 Å². The Hall–Kier alpha value is -2.84. The lowest BCUT2D eigenvalue weighted by atomic mass is 9.93. The average Bonchev–Trinajstić information content (AvgIpc) is 2.64. The van der Waals surface area contributed by atoms with Crippen molar-refractivity contribution in [3.8, 4) is 0 Å². The summed E-state index contributed by atoms with van der Waals surface area (Å²) in [5.41, 5.74) is 9.43. The number of para-hydroxylation sites is 1. The first-order valence-corrected chi connectivity index (χ1v) is 8.65. The van der Waals surface area contributed by atoms with Gasteiger partial charge in [0.05, 0.1) is 0 Å². The summed E-state index contributed by atoms with van der Waals surface area (Å²) in [5, 5.41) is 2.49. The largest absolute Gasteiger partial charge is 0.322 e. The normalized spacial score (nSPS) is 19.7. The molecule has 25 heavy (non-hydrogen) atoms. The summed E-state index contributed by atoms with van der Waals surface area (Å²) in [6, 6.07) is 25.5. The van der Waals surface area contributed by atoms with E-state index in [4.69, 9.17) is 5.73 Å². The lowest BCUT2D eigenvalue weighted by Gasteiger charge is -2.31. The Labute approximate surface area is 148 Å². The zero-order valence-electron chi connectivity index (χ0n) is 14.4. The van der Waals surface area contributed by atoms with Crippen LogP contribution >= 0.6 is 0 Å². The summed E-state index contributed by atoms with van der Waals surface area (Å²) in [7, 11) is 0. The van der Waals surface area contributed by atoms with E-state index in [1.165, 1.54) is 10.8 Å². The second-order valence-corrected chi connectivity index (χ2v) is 6.87. The zero-order chi connectivity index (χ0) is 17.3. The third-order valence-electron chi connectivity index (χ3n) is 4.65. The van der Waals surface area contributed by atoms with Gasteiger partial charge in [-0.05, 0) is 54.5 Å². The standard InChI is InChI=1S/C23H22N2/c1-23(24)15-13-21(14-16-23)25(20-9-3-2-4-10-20)22-12-11-18-7-5-6-8-19(18)17-22/h2-15,17H,16,24H2,1H3. The number of anilines is 2. The van der Waals surface area contributed by atoms with Crippen LogP contribution in [0.4, 0.5) is 11.4 Å². The molecule has 2 N–H and O–H groups in total. The van der Waals surface area contributed by atoms with E-state index in [0.29, 0.717) is 0 Å². The van der Waals surface area contributed by atoms with Gasteiger partial charge in [-0.3, -0.25) is 0 Å². The molecule has 1 unspecified atom stereocenters. The Morgan fingerprint density at radius 2 is 1.56 bits per heavy atom. The molecular weight excluding hydrogens is 304 g/mol. The highest BCUT2D eigenvalue weighted by molar-refractivity contribution is 5.87. The van der Waals surface area contributed by atoms with Crippen molar-refractivity contribution in [3.63, 3.8) is 0 Å². The fourth-order valence-electron chi connectivity index (χ4n) is 3.24. The molecule has 1 aliphatic carbocycles. The first-order valence-electron chi connectivity index (χ1n) is 8.65. The van der Waals surface area contributed by atoms with Gasteiger partial charge in [0.15, 0.2) is 0 Å². The second kappa shape index (κ2) is 6.23. The van der Waals surface area contributed by atoms with E-state index >= 15 is 0 Å². The first-order chi connectivity index (χ1) is 12.1. The van der Waals surface area contributed by atoms with Crippen LogP contribution < -0.4 is 10.6 Å². The Bertz CT molecular complexity index is 952. The van der Waals surface area contributed by atoms with Crippen LogP contribution in [0.15, 0.2) is 96.7 Å². The summed E-state index contributed by atoms with van der Waals surface area (Å²) >= 11 is 0. The molecule has 124 valence electrons. The number of benzene rings is 3. The van der Waals surface area contributed by atoms with Crippen LogP contribution in [-0.4, -0.2) is 5.54 Å². The predicted molar refractivity (Wildman–Crippen MR) is 107 cm³/mol. The molecule has 3 aromatic rings. The van der Waals surface area contributed by atoms with Gasteiger partial charge < -0.3 is 10.6 Å². The minimum absolute atomic E-state index is 0.269. The van der Waals surface area contributed by atoms with Gasteiger partial charge in [0, 0.05) is 22.6 Å². The van der Waals surface area contributed by atoms with Gasteiger partial charge in [0.2, 0.25) is 0 Å². The van der Waals surface area contributed by atoms with Crippen molar-refractivity contribution in [2.24, 2.45) is 5.73 Å². The van der Waals surface area contributed by atoms with Crippen LogP contribution in [0.1, 0.15) is 13.3 Å². The van der Waals surface area contributed by atoms with Crippen molar-refractivity contribution in [2.45, 2.75) is 18.9 Å². The molecule has 0 aliphatic heterocycles. The Morgan fingerprint density at radius 3 is 2.28 bits per heavy atom. The minimum Gasteiger partial charge on any atom is -0.322 e. The van der Waals surface area contributed by atoms with Crippen molar-refractivity contribution in [3.05, 3.63) is 96.7 Å². The topological polar surface area (TPSA) is 29.3 Å². The number of hydrogen-bond acceptors (Lipinski definition) is 2. The lowest BCUT2D eigenvalue weighted by molar-refractivity contribution is 0.585. The Balaban J connectivity index is 1.83. The van der Waals surface area contributed by atoms with Crippen LogP contribution in [0.3, 0.4) is 0 Å². The van der Waals surface area contributed by atoms with E-state index in [1.54, 1.807) is 0 Å². The highest BCUT2D eigenvalue weighted by Crippen LogP contribution is 2.34. The maximum atomic E-state index is 6.24. The molecule has 3 aromatic carbocycles. The van der Waals surface area contributed by atoms with Crippen molar-refractivity contribution in [1.82, 2.24) is 0 Å². The predicted octanol–water partition coefficient (Wildman–Crippen LogP) is 5.54. The van der Waals surface area contributed by atoms with Gasteiger partial charge in [-0.25, -0.2) is 0 Å². The summed E-state index contributed by atoms with van der Waals surface area (Å²) in [4.78, 5) is 2.29. The molecule has 0 aromatic heterocycles. The molecule has 0 heterocycles.